The van der Waals surface area contributed by atoms with Crippen molar-refractivity contribution in [3.05, 3.63) is 59.4 Å². The maximum atomic E-state index is 14.8. The third-order valence-corrected chi connectivity index (χ3v) is 7.76. The fourth-order valence-electron chi connectivity index (χ4n) is 5.96. The van der Waals surface area contributed by atoms with Crippen molar-refractivity contribution in [2.45, 2.75) is 70.8 Å². The maximum Gasteiger partial charge on any atom is 0.219 e. The van der Waals surface area contributed by atoms with Gasteiger partial charge in [0.15, 0.2) is 0 Å². The SMILES string of the molecule is CC1CC[C@@H]2C[C@H](c3ccc(-c4ccc(C5=NC(C)(C)CO5)c(F)c4)cc3)CC[C@@H]2C1. The van der Waals surface area contributed by atoms with Crippen LogP contribution in [0.5, 0.6) is 0 Å². The van der Waals surface area contributed by atoms with Crippen LogP contribution < -0.4 is 0 Å². The zero-order valence-corrected chi connectivity index (χ0v) is 19.0. The van der Waals surface area contributed by atoms with Gasteiger partial charge >= 0.3 is 0 Å². The van der Waals surface area contributed by atoms with Gasteiger partial charge in [-0.1, -0.05) is 43.7 Å². The van der Waals surface area contributed by atoms with E-state index in [9.17, 15) is 4.39 Å². The smallest absolute Gasteiger partial charge is 0.219 e. The largest absolute Gasteiger partial charge is 0.475 e. The summed E-state index contributed by atoms with van der Waals surface area (Å²) < 4.78 is 20.5. The summed E-state index contributed by atoms with van der Waals surface area (Å²) in [5, 5.41) is 0. The minimum atomic E-state index is -0.286. The number of benzene rings is 2. The van der Waals surface area contributed by atoms with Gasteiger partial charge < -0.3 is 4.74 Å². The summed E-state index contributed by atoms with van der Waals surface area (Å²) >= 11 is 0. The molecule has 31 heavy (non-hydrogen) atoms. The standard InChI is InChI=1S/C28H34FNO/c1-18-4-5-23-15-22(11-10-21(23)14-18)19-6-8-20(9-7-19)24-12-13-25(26(29)16-24)27-30-28(2,3)17-31-27/h6-9,12-13,16,18,21-23H,4-5,10-11,14-15,17H2,1-3H3/t18?,21-,22-,23-/m1/s1. The Morgan fingerprint density at radius 3 is 2.32 bits per heavy atom. The van der Waals surface area contributed by atoms with Crippen LogP contribution in [0.1, 0.15) is 76.3 Å². The average Bonchev–Trinajstić information content (AvgIpc) is 3.12. The molecule has 2 aromatic carbocycles. The lowest BCUT2D eigenvalue weighted by Crippen LogP contribution is -2.29. The van der Waals surface area contributed by atoms with Crippen molar-refractivity contribution in [3.8, 4) is 11.1 Å². The molecule has 2 nitrogen and oxygen atoms in total. The minimum absolute atomic E-state index is 0.275. The Morgan fingerprint density at radius 1 is 0.903 bits per heavy atom. The molecule has 1 heterocycles. The first-order valence-corrected chi connectivity index (χ1v) is 12.0. The van der Waals surface area contributed by atoms with Gasteiger partial charge in [0.25, 0.3) is 0 Å². The van der Waals surface area contributed by atoms with Crippen LogP contribution in [0.2, 0.25) is 0 Å². The average molecular weight is 420 g/mol. The van der Waals surface area contributed by atoms with Crippen molar-refractivity contribution in [1.82, 2.24) is 0 Å². The molecule has 0 aromatic heterocycles. The summed E-state index contributed by atoms with van der Waals surface area (Å²) in [7, 11) is 0. The Kier molecular flexibility index (Phi) is 5.40. The molecule has 2 aromatic rings. The normalized spacial score (nSPS) is 29.7. The molecular formula is C28H34FNO. The number of rotatable bonds is 3. The van der Waals surface area contributed by atoms with Gasteiger partial charge in [-0.15, -0.1) is 0 Å². The summed E-state index contributed by atoms with van der Waals surface area (Å²) in [4.78, 5) is 4.50. The van der Waals surface area contributed by atoms with E-state index in [1.165, 1.54) is 44.1 Å². The Hall–Kier alpha value is -2.16. The van der Waals surface area contributed by atoms with Crippen LogP contribution in [0.4, 0.5) is 4.39 Å². The van der Waals surface area contributed by atoms with E-state index in [1.807, 2.05) is 19.9 Å². The Balaban J connectivity index is 1.30. The molecule has 1 unspecified atom stereocenters. The van der Waals surface area contributed by atoms with Gasteiger partial charge in [0.05, 0.1) is 11.1 Å². The van der Waals surface area contributed by atoms with Crippen LogP contribution in [0.3, 0.4) is 0 Å². The van der Waals surface area contributed by atoms with Crippen molar-refractivity contribution in [2.75, 3.05) is 6.61 Å². The quantitative estimate of drug-likeness (QED) is 0.509. The van der Waals surface area contributed by atoms with Gasteiger partial charge in [-0.25, -0.2) is 9.38 Å². The Labute approximate surface area is 185 Å². The first kappa shape index (κ1) is 20.7. The molecule has 4 atom stereocenters. The van der Waals surface area contributed by atoms with Crippen LogP contribution in [0, 0.1) is 23.6 Å². The molecule has 0 amide bonds. The first-order valence-electron chi connectivity index (χ1n) is 12.0. The van der Waals surface area contributed by atoms with Crippen LogP contribution in [0.15, 0.2) is 47.5 Å². The third-order valence-electron chi connectivity index (χ3n) is 7.76. The number of hydrogen-bond donors (Lipinski definition) is 0. The van der Waals surface area contributed by atoms with Crippen LogP contribution in [-0.2, 0) is 4.74 Å². The van der Waals surface area contributed by atoms with E-state index in [1.54, 1.807) is 12.1 Å². The van der Waals surface area contributed by atoms with Crippen molar-refractivity contribution in [1.29, 1.82) is 0 Å². The summed E-state index contributed by atoms with van der Waals surface area (Å²) in [6.45, 7) is 6.91. The van der Waals surface area contributed by atoms with Crippen LogP contribution in [0.25, 0.3) is 11.1 Å². The highest BCUT2D eigenvalue weighted by Gasteiger charge is 2.34. The zero-order chi connectivity index (χ0) is 21.6. The number of fused-ring (bicyclic) bond motifs is 1. The molecule has 0 saturated heterocycles. The fraction of sp³-hybridized carbons (Fsp3) is 0.536. The molecule has 0 bridgehead atoms. The van der Waals surface area contributed by atoms with E-state index < -0.39 is 0 Å². The predicted molar refractivity (Wildman–Crippen MR) is 125 cm³/mol. The Bertz CT molecular complexity index is 977. The van der Waals surface area contributed by atoms with Gasteiger partial charge in [0.1, 0.15) is 12.4 Å². The summed E-state index contributed by atoms with van der Waals surface area (Å²) in [6.07, 6.45) is 8.30. The second kappa shape index (κ2) is 8.07. The van der Waals surface area contributed by atoms with E-state index >= 15 is 0 Å². The van der Waals surface area contributed by atoms with Gasteiger partial charge in [0, 0.05) is 0 Å². The molecule has 164 valence electrons. The number of halogens is 1. The number of ether oxygens (including phenoxy) is 1. The molecule has 0 radical (unpaired) electrons. The molecule has 3 heteroatoms. The lowest BCUT2D eigenvalue weighted by atomic mass is 9.64. The van der Waals surface area contributed by atoms with Crippen LogP contribution in [-0.4, -0.2) is 18.0 Å². The summed E-state index contributed by atoms with van der Waals surface area (Å²) in [5.74, 6) is 3.62. The fourth-order valence-corrected chi connectivity index (χ4v) is 5.96. The van der Waals surface area contributed by atoms with Crippen molar-refractivity contribution >= 4 is 5.90 Å². The highest BCUT2D eigenvalue weighted by Crippen LogP contribution is 2.47. The van der Waals surface area contributed by atoms with E-state index in [0.29, 0.717) is 24.0 Å². The van der Waals surface area contributed by atoms with Crippen molar-refractivity contribution in [2.24, 2.45) is 22.7 Å². The topological polar surface area (TPSA) is 21.6 Å². The summed E-state index contributed by atoms with van der Waals surface area (Å²) in [6, 6.07) is 14.2. The third kappa shape index (κ3) is 4.29. The Morgan fingerprint density at radius 2 is 1.61 bits per heavy atom. The number of nitrogens with zero attached hydrogens (tertiary/aromatic N) is 1. The molecule has 2 fully saturated rings. The van der Waals surface area contributed by atoms with Gasteiger partial charge in [0.2, 0.25) is 5.90 Å². The molecule has 1 aliphatic heterocycles. The van der Waals surface area contributed by atoms with E-state index in [2.05, 4.69) is 36.2 Å². The van der Waals surface area contributed by atoms with Crippen molar-refractivity contribution in [3.63, 3.8) is 0 Å². The monoisotopic (exact) mass is 419 g/mol. The van der Waals surface area contributed by atoms with Crippen molar-refractivity contribution < 1.29 is 9.13 Å². The first-order chi connectivity index (χ1) is 14.9. The molecule has 5 rings (SSSR count). The zero-order valence-electron chi connectivity index (χ0n) is 19.0. The number of aliphatic imine (C=N–C) groups is 1. The lowest BCUT2D eigenvalue weighted by molar-refractivity contribution is 0.124. The van der Waals surface area contributed by atoms with E-state index in [-0.39, 0.29) is 11.4 Å². The number of hydrogen-bond acceptors (Lipinski definition) is 2. The molecular weight excluding hydrogens is 385 g/mol. The highest BCUT2D eigenvalue weighted by molar-refractivity contribution is 5.96. The van der Waals surface area contributed by atoms with Gasteiger partial charge in [-0.05, 0) is 98.4 Å². The lowest BCUT2D eigenvalue weighted by Gasteiger charge is -2.41. The second-order valence-corrected chi connectivity index (χ2v) is 10.8. The van der Waals surface area contributed by atoms with E-state index in [4.69, 9.17) is 4.74 Å². The second-order valence-electron chi connectivity index (χ2n) is 10.8. The molecule has 0 N–H and O–H groups in total. The van der Waals surface area contributed by atoms with Crippen LogP contribution >= 0.6 is 0 Å². The summed E-state index contributed by atoms with van der Waals surface area (Å²) in [5.41, 5.74) is 3.57. The maximum absolute atomic E-state index is 14.8. The molecule has 2 aliphatic carbocycles. The molecule has 0 spiro atoms. The van der Waals surface area contributed by atoms with E-state index in [0.717, 1.165) is 28.9 Å². The minimum Gasteiger partial charge on any atom is -0.475 e. The van der Waals surface area contributed by atoms with Gasteiger partial charge in [-0.3, -0.25) is 0 Å². The molecule has 3 aliphatic rings. The molecule has 2 saturated carbocycles. The highest BCUT2D eigenvalue weighted by atomic mass is 19.1. The van der Waals surface area contributed by atoms with Gasteiger partial charge in [-0.2, -0.15) is 0 Å². The predicted octanol–water partition coefficient (Wildman–Crippen LogP) is 7.37.